The second-order valence-corrected chi connectivity index (χ2v) is 6.30. The molecule has 0 aliphatic carbocycles. The Labute approximate surface area is 120 Å². The Kier molecular flexibility index (Phi) is 4.36. The molecule has 0 saturated heterocycles. The zero-order valence-corrected chi connectivity index (χ0v) is 12.1. The van der Waals surface area contributed by atoms with Crippen LogP contribution in [0.3, 0.4) is 0 Å². The van der Waals surface area contributed by atoms with Gasteiger partial charge in [-0.25, -0.2) is 22.5 Å². The smallest absolute Gasteiger partial charge is 0.242 e. The first kappa shape index (κ1) is 14.9. The van der Waals surface area contributed by atoms with Crippen molar-refractivity contribution in [2.75, 3.05) is 0 Å². The molecule has 9 heteroatoms. The van der Waals surface area contributed by atoms with E-state index in [1.165, 1.54) is 23.4 Å². The van der Waals surface area contributed by atoms with E-state index in [4.69, 9.17) is 11.6 Å². The predicted octanol–water partition coefficient (Wildman–Crippen LogP) is 1.44. The van der Waals surface area contributed by atoms with Gasteiger partial charge in [-0.2, -0.15) is 5.10 Å². The van der Waals surface area contributed by atoms with E-state index in [1.807, 2.05) is 0 Å². The van der Waals surface area contributed by atoms with Crippen molar-refractivity contribution in [2.45, 2.75) is 24.4 Å². The number of hydrogen-bond donors (Lipinski definition) is 1. The molecule has 108 valence electrons. The Morgan fingerprint density at radius 2 is 2.25 bits per heavy atom. The fourth-order valence-electron chi connectivity index (χ4n) is 1.66. The Hall–Kier alpha value is -1.51. The van der Waals surface area contributed by atoms with Gasteiger partial charge in [0.05, 0.1) is 11.6 Å². The Morgan fingerprint density at radius 3 is 2.90 bits per heavy atom. The zero-order valence-electron chi connectivity index (χ0n) is 10.5. The molecule has 0 radical (unpaired) electrons. The first-order chi connectivity index (χ1) is 9.38. The fourth-order valence-corrected chi connectivity index (χ4v) is 3.40. The highest BCUT2D eigenvalue weighted by atomic mass is 35.5. The molecule has 0 aliphatic heterocycles. The van der Waals surface area contributed by atoms with Crippen LogP contribution in [-0.2, 0) is 16.6 Å². The molecule has 20 heavy (non-hydrogen) atoms. The number of rotatable bonds is 5. The lowest BCUT2D eigenvalue weighted by Gasteiger charge is -2.14. The third kappa shape index (κ3) is 3.53. The van der Waals surface area contributed by atoms with Gasteiger partial charge in [-0.15, -0.1) is 0 Å². The molecule has 0 amide bonds. The topological polar surface area (TPSA) is 76.9 Å². The van der Waals surface area contributed by atoms with Crippen molar-refractivity contribution in [3.63, 3.8) is 0 Å². The summed E-state index contributed by atoms with van der Waals surface area (Å²) in [6.07, 6.45) is 2.82. The minimum atomic E-state index is -3.90. The van der Waals surface area contributed by atoms with Crippen molar-refractivity contribution in [3.05, 3.63) is 41.7 Å². The van der Waals surface area contributed by atoms with Crippen LogP contribution < -0.4 is 4.72 Å². The van der Waals surface area contributed by atoms with Crippen molar-refractivity contribution in [1.29, 1.82) is 0 Å². The van der Waals surface area contributed by atoms with E-state index in [9.17, 15) is 12.8 Å². The molecule has 0 fully saturated rings. The summed E-state index contributed by atoms with van der Waals surface area (Å²) in [5.74, 6) is -0.668. The second-order valence-electron chi connectivity index (χ2n) is 4.21. The summed E-state index contributed by atoms with van der Waals surface area (Å²) in [6.45, 7) is 1.96. The number of nitrogens with one attached hydrogen (secondary N) is 1. The van der Waals surface area contributed by atoms with Crippen molar-refractivity contribution in [3.8, 4) is 0 Å². The van der Waals surface area contributed by atoms with Crippen molar-refractivity contribution in [1.82, 2.24) is 19.5 Å². The average molecular weight is 319 g/mol. The molecule has 6 nitrogen and oxygen atoms in total. The summed E-state index contributed by atoms with van der Waals surface area (Å²) in [7, 11) is -3.90. The van der Waals surface area contributed by atoms with Gasteiger partial charge in [0.1, 0.15) is 23.4 Å². The summed E-state index contributed by atoms with van der Waals surface area (Å²) < 4.78 is 41.3. The van der Waals surface area contributed by atoms with E-state index in [0.29, 0.717) is 6.54 Å². The van der Waals surface area contributed by atoms with Crippen molar-refractivity contribution in [2.24, 2.45) is 0 Å². The minimum Gasteiger partial charge on any atom is -0.251 e. The molecular formula is C11H12ClFN4O2S. The van der Waals surface area contributed by atoms with E-state index >= 15 is 0 Å². The van der Waals surface area contributed by atoms with Crippen molar-refractivity contribution < 1.29 is 12.8 Å². The Bertz CT molecular complexity index is 690. The second kappa shape index (κ2) is 5.86. The van der Waals surface area contributed by atoms with Gasteiger partial charge in [-0.1, -0.05) is 11.6 Å². The normalized spacial score (nSPS) is 13.3. The van der Waals surface area contributed by atoms with Crippen molar-refractivity contribution >= 4 is 21.6 Å². The monoisotopic (exact) mass is 318 g/mol. The van der Waals surface area contributed by atoms with Gasteiger partial charge in [0.15, 0.2) is 0 Å². The number of benzene rings is 1. The molecule has 0 unspecified atom stereocenters. The molecule has 1 N–H and O–H groups in total. The van der Waals surface area contributed by atoms with Crippen LogP contribution in [0.25, 0.3) is 0 Å². The summed E-state index contributed by atoms with van der Waals surface area (Å²) in [5.41, 5.74) is 0. The van der Waals surface area contributed by atoms with Gasteiger partial charge in [-0.3, -0.25) is 4.68 Å². The molecule has 2 aromatic rings. The van der Waals surface area contributed by atoms with E-state index in [2.05, 4.69) is 14.8 Å². The lowest BCUT2D eigenvalue weighted by Crippen LogP contribution is -2.36. The van der Waals surface area contributed by atoms with E-state index in [0.717, 1.165) is 12.1 Å². The van der Waals surface area contributed by atoms with Crippen LogP contribution in [0.2, 0.25) is 5.02 Å². The minimum absolute atomic E-state index is 0.0353. The van der Waals surface area contributed by atoms with Crippen LogP contribution >= 0.6 is 11.6 Å². The summed E-state index contributed by atoms with van der Waals surface area (Å²) in [4.78, 5) is 3.47. The maximum Gasteiger partial charge on any atom is 0.242 e. The van der Waals surface area contributed by atoms with Gasteiger partial charge in [-0.05, 0) is 25.1 Å². The van der Waals surface area contributed by atoms with E-state index in [1.54, 1.807) is 6.92 Å². The van der Waals surface area contributed by atoms with Crippen LogP contribution in [0.1, 0.15) is 6.92 Å². The van der Waals surface area contributed by atoms with Crippen LogP contribution in [0.15, 0.2) is 35.7 Å². The molecule has 0 spiro atoms. The molecule has 0 aliphatic rings. The summed E-state index contributed by atoms with van der Waals surface area (Å²) >= 11 is 5.79. The van der Waals surface area contributed by atoms with E-state index in [-0.39, 0.29) is 9.92 Å². The maximum atomic E-state index is 13.1. The number of nitrogens with zero attached hydrogens (tertiary/aromatic N) is 3. The number of halogens is 2. The number of aromatic nitrogens is 3. The Morgan fingerprint density at radius 1 is 1.50 bits per heavy atom. The maximum absolute atomic E-state index is 13.1. The predicted molar refractivity (Wildman–Crippen MR) is 71.2 cm³/mol. The average Bonchev–Trinajstić information content (AvgIpc) is 2.84. The molecule has 1 atom stereocenters. The first-order valence-corrected chi connectivity index (χ1v) is 7.54. The van der Waals surface area contributed by atoms with Gasteiger partial charge in [0, 0.05) is 6.04 Å². The third-order valence-electron chi connectivity index (χ3n) is 2.47. The van der Waals surface area contributed by atoms with Gasteiger partial charge in [0.2, 0.25) is 10.0 Å². The molecule has 0 saturated carbocycles. The molecule has 0 bridgehead atoms. The summed E-state index contributed by atoms with van der Waals surface area (Å²) in [5, 5.41) is 3.84. The number of sulfonamides is 1. The van der Waals surface area contributed by atoms with Crippen LogP contribution in [0.5, 0.6) is 0 Å². The van der Waals surface area contributed by atoms with Crippen LogP contribution in [0, 0.1) is 5.82 Å². The van der Waals surface area contributed by atoms with E-state index < -0.39 is 21.9 Å². The molecular weight excluding hydrogens is 307 g/mol. The standard InChI is InChI=1S/C11H12ClFN4O2S/c1-8(5-17-7-14-6-15-17)16-20(18,19)11-4-9(13)2-3-10(11)12/h2-4,6-8,16H,5H2,1H3/t8-/m0/s1. The third-order valence-corrected chi connectivity index (χ3v) is 4.54. The highest BCUT2D eigenvalue weighted by Gasteiger charge is 2.21. The quantitative estimate of drug-likeness (QED) is 0.905. The first-order valence-electron chi connectivity index (χ1n) is 5.68. The lowest BCUT2D eigenvalue weighted by molar-refractivity contribution is 0.492. The largest absolute Gasteiger partial charge is 0.251 e. The molecule has 2 rings (SSSR count). The molecule has 1 heterocycles. The number of hydrogen-bond acceptors (Lipinski definition) is 4. The van der Waals surface area contributed by atoms with Crippen LogP contribution in [0.4, 0.5) is 4.39 Å². The SMILES string of the molecule is C[C@@H](Cn1cncn1)NS(=O)(=O)c1cc(F)ccc1Cl. The van der Waals surface area contributed by atoms with Gasteiger partial charge >= 0.3 is 0 Å². The van der Waals surface area contributed by atoms with Gasteiger partial charge < -0.3 is 0 Å². The Balaban J connectivity index is 2.16. The van der Waals surface area contributed by atoms with Gasteiger partial charge in [0.25, 0.3) is 0 Å². The lowest BCUT2D eigenvalue weighted by atomic mass is 10.3. The van der Waals surface area contributed by atoms with Crippen LogP contribution in [-0.4, -0.2) is 29.2 Å². The zero-order chi connectivity index (χ0) is 14.8. The molecule has 1 aromatic carbocycles. The molecule has 1 aromatic heterocycles. The highest BCUT2D eigenvalue weighted by molar-refractivity contribution is 7.89. The summed E-state index contributed by atoms with van der Waals surface area (Å²) in [6, 6.07) is 2.72. The fraction of sp³-hybridized carbons (Fsp3) is 0.273. The highest BCUT2D eigenvalue weighted by Crippen LogP contribution is 2.22.